The van der Waals surface area contributed by atoms with Gasteiger partial charge in [0.1, 0.15) is 11.3 Å². The highest BCUT2D eigenvalue weighted by atomic mass is 19.1. The average Bonchev–Trinajstić information content (AvgIpc) is 2.59. The van der Waals surface area contributed by atoms with Gasteiger partial charge in [-0.1, -0.05) is 24.3 Å². The maximum Gasteiger partial charge on any atom is 0.293 e. The molecule has 0 atom stereocenters. The summed E-state index contributed by atoms with van der Waals surface area (Å²) < 4.78 is 18.7. The van der Waals surface area contributed by atoms with Crippen LogP contribution in [0, 0.1) is 5.82 Å². The molecule has 4 heteroatoms. The molecule has 0 spiro atoms. The molecule has 0 amide bonds. The van der Waals surface area contributed by atoms with Gasteiger partial charge in [-0.3, -0.25) is 0 Å². The Morgan fingerprint density at radius 1 is 1.20 bits per heavy atom. The number of hydrogen-bond acceptors (Lipinski definition) is 3. The Morgan fingerprint density at radius 3 is 2.73 bits per heavy atom. The van der Waals surface area contributed by atoms with Crippen molar-refractivity contribution in [3.05, 3.63) is 36.1 Å². The van der Waals surface area contributed by atoms with Gasteiger partial charge in [0.25, 0.3) is 6.01 Å². The van der Waals surface area contributed by atoms with Crippen molar-refractivity contribution >= 4 is 27.9 Å². The van der Waals surface area contributed by atoms with E-state index < -0.39 is 0 Å². The number of fused-ring (bicyclic) bond motifs is 3. The molecule has 0 radical (unpaired) electrons. The second-order valence-electron chi connectivity index (χ2n) is 3.30. The average molecular weight is 202 g/mol. The number of oxazole rings is 1. The lowest BCUT2D eigenvalue weighted by atomic mass is 10.1. The minimum Gasteiger partial charge on any atom is -0.424 e. The first-order valence-corrected chi connectivity index (χ1v) is 4.49. The topological polar surface area (TPSA) is 52.0 Å². The van der Waals surface area contributed by atoms with Crippen molar-refractivity contribution in [2.24, 2.45) is 0 Å². The summed E-state index contributed by atoms with van der Waals surface area (Å²) in [5, 5.41) is 1.24. The van der Waals surface area contributed by atoms with Crippen LogP contribution in [0.15, 0.2) is 34.7 Å². The van der Waals surface area contributed by atoms with Crippen LogP contribution in [0.4, 0.5) is 10.4 Å². The molecule has 2 aromatic carbocycles. The summed E-state index contributed by atoms with van der Waals surface area (Å²) in [6, 6.07) is 8.46. The van der Waals surface area contributed by atoms with Crippen LogP contribution >= 0.6 is 0 Å². The molecule has 3 aromatic rings. The van der Waals surface area contributed by atoms with E-state index in [-0.39, 0.29) is 11.8 Å². The van der Waals surface area contributed by atoms with Gasteiger partial charge >= 0.3 is 0 Å². The predicted molar refractivity (Wildman–Crippen MR) is 55.9 cm³/mol. The van der Waals surface area contributed by atoms with E-state index in [2.05, 4.69) is 4.98 Å². The van der Waals surface area contributed by atoms with Crippen LogP contribution in [-0.2, 0) is 0 Å². The molecule has 0 unspecified atom stereocenters. The maximum atomic E-state index is 13.6. The van der Waals surface area contributed by atoms with Gasteiger partial charge in [-0.05, 0) is 0 Å². The van der Waals surface area contributed by atoms with Crippen molar-refractivity contribution in [2.45, 2.75) is 0 Å². The first-order valence-electron chi connectivity index (χ1n) is 4.49. The van der Waals surface area contributed by atoms with Crippen molar-refractivity contribution in [1.29, 1.82) is 0 Å². The van der Waals surface area contributed by atoms with Gasteiger partial charge in [-0.2, -0.15) is 4.98 Å². The third kappa shape index (κ3) is 1.08. The summed E-state index contributed by atoms with van der Waals surface area (Å²) in [5.41, 5.74) is 6.41. The number of nitrogens with zero attached hydrogens (tertiary/aromatic N) is 1. The van der Waals surface area contributed by atoms with E-state index in [0.717, 1.165) is 0 Å². The molecule has 15 heavy (non-hydrogen) atoms. The quantitative estimate of drug-likeness (QED) is 0.609. The smallest absolute Gasteiger partial charge is 0.293 e. The second-order valence-corrected chi connectivity index (χ2v) is 3.30. The lowest BCUT2D eigenvalue weighted by Gasteiger charge is -1.98. The number of nitrogen functional groups attached to an aromatic ring is 1. The fraction of sp³-hybridized carbons (Fsp3) is 0. The molecule has 74 valence electrons. The SMILES string of the molecule is Nc1nc2c(cc(F)c3ccccc32)o1. The number of halogens is 1. The highest BCUT2D eigenvalue weighted by Gasteiger charge is 2.10. The molecule has 2 N–H and O–H groups in total. The van der Waals surface area contributed by atoms with E-state index in [1.165, 1.54) is 6.07 Å². The van der Waals surface area contributed by atoms with E-state index in [9.17, 15) is 4.39 Å². The molecule has 3 nitrogen and oxygen atoms in total. The number of aromatic nitrogens is 1. The number of anilines is 1. The highest BCUT2D eigenvalue weighted by molar-refractivity contribution is 6.04. The summed E-state index contributed by atoms with van der Waals surface area (Å²) in [7, 11) is 0. The Hall–Kier alpha value is -2.10. The second kappa shape index (κ2) is 2.70. The minimum absolute atomic E-state index is 0.0563. The molecule has 0 aliphatic heterocycles. The predicted octanol–water partition coefficient (Wildman–Crippen LogP) is 2.70. The molecule has 0 saturated heterocycles. The van der Waals surface area contributed by atoms with Crippen molar-refractivity contribution in [1.82, 2.24) is 4.98 Å². The molecule has 0 fully saturated rings. The molecule has 0 aliphatic rings. The van der Waals surface area contributed by atoms with Crippen LogP contribution in [0.2, 0.25) is 0 Å². The molecule has 0 aliphatic carbocycles. The molecule has 3 rings (SSSR count). The first kappa shape index (κ1) is 8.23. The summed E-state index contributed by atoms with van der Waals surface area (Å²) in [4.78, 5) is 4.03. The number of benzene rings is 2. The molecular formula is C11H7FN2O. The third-order valence-electron chi connectivity index (χ3n) is 2.37. The summed E-state index contributed by atoms with van der Waals surface area (Å²) in [5.74, 6) is -0.325. The van der Waals surface area contributed by atoms with Gasteiger partial charge in [0.05, 0.1) is 0 Å². The zero-order chi connectivity index (χ0) is 10.4. The fourth-order valence-electron chi connectivity index (χ4n) is 1.73. The van der Waals surface area contributed by atoms with Crippen LogP contribution < -0.4 is 5.73 Å². The maximum absolute atomic E-state index is 13.6. The molecule has 1 aromatic heterocycles. The van der Waals surface area contributed by atoms with Crippen LogP contribution in [0.5, 0.6) is 0 Å². The Kier molecular flexibility index (Phi) is 1.48. The van der Waals surface area contributed by atoms with Crippen molar-refractivity contribution in [3.8, 4) is 0 Å². The summed E-state index contributed by atoms with van der Waals surface area (Å²) in [6.45, 7) is 0. The van der Waals surface area contributed by atoms with E-state index in [0.29, 0.717) is 21.9 Å². The lowest BCUT2D eigenvalue weighted by molar-refractivity contribution is 0.611. The Morgan fingerprint density at radius 2 is 1.93 bits per heavy atom. The number of nitrogens with two attached hydrogens (primary N) is 1. The number of hydrogen-bond donors (Lipinski definition) is 1. The minimum atomic E-state index is -0.325. The van der Waals surface area contributed by atoms with Gasteiger partial charge in [-0.25, -0.2) is 4.39 Å². The lowest BCUT2D eigenvalue weighted by Crippen LogP contribution is -1.82. The molecular weight excluding hydrogens is 195 g/mol. The van der Waals surface area contributed by atoms with E-state index in [4.69, 9.17) is 10.2 Å². The highest BCUT2D eigenvalue weighted by Crippen LogP contribution is 2.28. The standard InChI is InChI=1S/C11H7FN2O/c12-8-5-9-10(14-11(13)15-9)7-4-2-1-3-6(7)8/h1-5H,(H2,13,14). The normalized spacial score (nSPS) is 11.3. The van der Waals surface area contributed by atoms with Crippen LogP contribution in [0.25, 0.3) is 21.9 Å². The van der Waals surface area contributed by atoms with Crippen LogP contribution in [0.3, 0.4) is 0 Å². The molecule has 0 saturated carbocycles. The van der Waals surface area contributed by atoms with Crippen molar-refractivity contribution < 1.29 is 8.81 Å². The Bertz CT molecular complexity index is 660. The zero-order valence-electron chi connectivity index (χ0n) is 7.70. The van der Waals surface area contributed by atoms with Gasteiger partial charge in [0, 0.05) is 16.8 Å². The van der Waals surface area contributed by atoms with Gasteiger partial charge in [0.2, 0.25) is 0 Å². The van der Waals surface area contributed by atoms with Gasteiger partial charge in [-0.15, -0.1) is 0 Å². The monoisotopic (exact) mass is 202 g/mol. The summed E-state index contributed by atoms with van der Waals surface area (Å²) >= 11 is 0. The largest absolute Gasteiger partial charge is 0.424 e. The van der Waals surface area contributed by atoms with Crippen LogP contribution in [-0.4, -0.2) is 4.98 Å². The molecule has 0 bridgehead atoms. The van der Waals surface area contributed by atoms with Crippen molar-refractivity contribution in [2.75, 3.05) is 5.73 Å². The van der Waals surface area contributed by atoms with Crippen molar-refractivity contribution in [3.63, 3.8) is 0 Å². The Labute approximate surface area is 84.3 Å². The van der Waals surface area contributed by atoms with E-state index in [1.54, 1.807) is 18.2 Å². The fourth-order valence-corrected chi connectivity index (χ4v) is 1.73. The number of rotatable bonds is 0. The van der Waals surface area contributed by atoms with Crippen LogP contribution in [0.1, 0.15) is 0 Å². The molecule has 1 heterocycles. The third-order valence-corrected chi connectivity index (χ3v) is 2.37. The van der Waals surface area contributed by atoms with Gasteiger partial charge < -0.3 is 10.2 Å². The van der Waals surface area contributed by atoms with Gasteiger partial charge in [0.15, 0.2) is 5.58 Å². The Balaban J connectivity index is 2.62. The van der Waals surface area contributed by atoms with E-state index >= 15 is 0 Å². The first-order chi connectivity index (χ1) is 7.25. The summed E-state index contributed by atoms with van der Waals surface area (Å²) in [6.07, 6.45) is 0. The zero-order valence-corrected chi connectivity index (χ0v) is 7.70. The van der Waals surface area contributed by atoms with E-state index in [1.807, 2.05) is 6.07 Å².